The topological polar surface area (TPSA) is 49.8 Å². The average molecular weight is 370 g/mol. The molecule has 0 saturated carbocycles. The fourth-order valence-electron chi connectivity index (χ4n) is 3.94. The zero-order chi connectivity index (χ0) is 19.3. The number of amides is 1. The zero-order valence-electron chi connectivity index (χ0n) is 17.6. The molecule has 1 atom stereocenters. The van der Waals surface area contributed by atoms with Crippen molar-refractivity contribution in [1.29, 1.82) is 0 Å². The molecule has 0 bridgehead atoms. The van der Waals surface area contributed by atoms with Gasteiger partial charge in [-0.05, 0) is 20.3 Å². The molecule has 0 aromatic carbocycles. The molecule has 0 aromatic heterocycles. The summed E-state index contributed by atoms with van der Waals surface area (Å²) in [5, 5.41) is 9.43. The number of hydrogen-bond acceptors (Lipinski definition) is 3. The molecule has 0 aromatic rings. The van der Waals surface area contributed by atoms with Crippen molar-refractivity contribution >= 4 is 5.91 Å². The van der Waals surface area contributed by atoms with E-state index in [9.17, 15) is 9.90 Å². The smallest absolute Gasteiger partial charge is 0.225 e. The van der Waals surface area contributed by atoms with Crippen LogP contribution in [-0.2, 0) is 9.53 Å². The first kappa shape index (κ1) is 23.4. The number of carbonyl (C=O) groups is 1. The first-order valence-corrected chi connectivity index (χ1v) is 11.1. The van der Waals surface area contributed by atoms with Gasteiger partial charge in [0.15, 0.2) is 0 Å². The monoisotopic (exact) mass is 369 g/mol. The Kier molecular flexibility index (Phi) is 12.2. The summed E-state index contributed by atoms with van der Waals surface area (Å²) in [4.78, 5) is 14.2. The number of unbranched alkanes of at least 4 members (excludes halogenated alkanes) is 12. The van der Waals surface area contributed by atoms with E-state index in [4.69, 9.17) is 4.74 Å². The SMILES string of the molecule is CCCCCCCCCCCCCCCC(=O)N1[C@@H](CO)COC1(C)C. The maximum atomic E-state index is 12.5. The van der Waals surface area contributed by atoms with E-state index in [2.05, 4.69) is 6.92 Å². The summed E-state index contributed by atoms with van der Waals surface area (Å²) < 4.78 is 5.64. The lowest BCUT2D eigenvalue weighted by Gasteiger charge is -2.33. The highest BCUT2D eigenvalue weighted by molar-refractivity contribution is 5.77. The van der Waals surface area contributed by atoms with E-state index in [0.717, 1.165) is 12.8 Å². The van der Waals surface area contributed by atoms with E-state index in [0.29, 0.717) is 13.0 Å². The van der Waals surface area contributed by atoms with Gasteiger partial charge in [-0.25, -0.2) is 0 Å². The number of ether oxygens (including phenoxy) is 1. The van der Waals surface area contributed by atoms with Gasteiger partial charge in [-0.15, -0.1) is 0 Å². The number of rotatable bonds is 15. The van der Waals surface area contributed by atoms with Crippen molar-refractivity contribution in [3.63, 3.8) is 0 Å². The highest BCUT2D eigenvalue weighted by Crippen LogP contribution is 2.28. The second-order valence-corrected chi connectivity index (χ2v) is 8.35. The summed E-state index contributed by atoms with van der Waals surface area (Å²) >= 11 is 0. The summed E-state index contributed by atoms with van der Waals surface area (Å²) in [5.74, 6) is 0.120. The fraction of sp³-hybridized carbons (Fsp3) is 0.955. The van der Waals surface area contributed by atoms with Gasteiger partial charge in [0.25, 0.3) is 0 Å². The Bertz CT molecular complexity index is 370. The maximum Gasteiger partial charge on any atom is 0.225 e. The number of aliphatic hydroxyl groups excluding tert-OH is 1. The van der Waals surface area contributed by atoms with E-state index in [1.54, 1.807) is 4.90 Å². The van der Waals surface area contributed by atoms with Crippen molar-refractivity contribution in [2.45, 2.75) is 122 Å². The zero-order valence-corrected chi connectivity index (χ0v) is 17.6. The van der Waals surface area contributed by atoms with E-state index in [1.165, 1.54) is 70.6 Å². The van der Waals surface area contributed by atoms with Gasteiger partial charge in [0, 0.05) is 6.42 Å². The molecule has 0 radical (unpaired) electrons. The lowest BCUT2D eigenvalue weighted by atomic mass is 10.0. The number of hydrogen-bond donors (Lipinski definition) is 1. The molecule has 1 rings (SSSR count). The van der Waals surface area contributed by atoms with E-state index in [-0.39, 0.29) is 18.6 Å². The Morgan fingerprint density at radius 2 is 1.38 bits per heavy atom. The number of nitrogens with zero attached hydrogens (tertiary/aromatic N) is 1. The molecule has 1 aliphatic rings. The van der Waals surface area contributed by atoms with Crippen LogP contribution in [-0.4, -0.2) is 40.9 Å². The molecule has 1 saturated heterocycles. The molecule has 4 nitrogen and oxygen atoms in total. The minimum absolute atomic E-state index is 0.0201. The molecule has 1 N–H and O–H groups in total. The van der Waals surface area contributed by atoms with Crippen LogP contribution in [0, 0.1) is 0 Å². The molecule has 1 amide bonds. The van der Waals surface area contributed by atoms with Crippen LogP contribution >= 0.6 is 0 Å². The van der Waals surface area contributed by atoms with Gasteiger partial charge in [-0.1, -0.05) is 84.0 Å². The molecule has 4 heteroatoms. The van der Waals surface area contributed by atoms with E-state index < -0.39 is 5.72 Å². The second kappa shape index (κ2) is 13.5. The van der Waals surface area contributed by atoms with Crippen LogP contribution in [0.5, 0.6) is 0 Å². The van der Waals surface area contributed by atoms with Crippen molar-refractivity contribution in [2.75, 3.05) is 13.2 Å². The van der Waals surface area contributed by atoms with Crippen molar-refractivity contribution in [3.05, 3.63) is 0 Å². The van der Waals surface area contributed by atoms with Gasteiger partial charge in [0.1, 0.15) is 5.72 Å². The normalized spacial score (nSPS) is 19.2. The summed E-state index contributed by atoms with van der Waals surface area (Å²) in [6.07, 6.45) is 17.6. The Balaban J connectivity index is 1.96. The minimum Gasteiger partial charge on any atom is -0.394 e. The summed E-state index contributed by atoms with van der Waals surface area (Å²) in [5.41, 5.74) is -0.582. The molecule has 1 fully saturated rings. The second-order valence-electron chi connectivity index (χ2n) is 8.35. The molecule has 1 aliphatic heterocycles. The van der Waals surface area contributed by atoms with Crippen molar-refractivity contribution in [1.82, 2.24) is 4.90 Å². The van der Waals surface area contributed by atoms with Crippen molar-refractivity contribution < 1.29 is 14.6 Å². The highest BCUT2D eigenvalue weighted by Gasteiger charge is 2.42. The van der Waals surface area contributed by atoms with Gasteiger partial charge >= 0.3 is 0 Å². The van der Waals surface area contributed by atoms with Crippen LogP contribution in [0.2, 0.25) is 0 Å². The van der Waals surface area contributed by atoms with Crippen LogP contribution in [0.15, 0.2) is 0 Å². The highest BCUT2D eigenvalue weighted by atomic mass is 16.5. The summed E-state index contributed by atoms with van der Waals surface area (Å²) in [6, 6.07) is -0.181. The van der Waals surface area contributed by atoms with Crippen LogP contribution in [0.4, 0.5) is 0 Å². The lowest BCUT2D eigenvalue weighted by Crippen LogP contribution is -2.49. The fourth-order valence-corrected chi connectivity index (χ4v) is 3.94. The third-order valence-electron chi connectivity index (χ3n) is 5.55. The molecule has 1 heterocycles. The Morgan fingerprint density at radius 3 is 1.85 bits per heavy atom. The predicted octanol–water partition coefficient (Wildman–Crippen LogP) is 5.42. The molecular formula is C22H43NO3. The standard InChI is InChI=1S/C22H43NO3/c1-4-5-6-7-8-9-10-11-12-13-14-15-16-17-21(25)23-20(18-24)19-26-22(23,2)3/h20,24H,4-19H2,1-3H3/t20-/m0/s1. The van der Waals surface area contributed by atoms with Crippen molar-refractivity contribution in [3.8, 4) is 0 Å². The summed E-state index contributed by atoms with van der Waals surface area (Å²) in [7, 11) is 0. The van der Waals surface area contributed by atoms with E-state index in [1.807, 2.05) is 13.8 Å². The van der Waals surface area contributed by atoms with Gasteiger partial charge in [0.2, 0.25) is 5.91 Å². The van der Waals surface area contributed by atoms with Gasteiger partial charge in [-0.3, -0.25) is 4.79 Å². The maximum absolute atomic E-state index is 12.5. The minimum atomic E-state index is -0.582. The molecule has 154 valence electrons. The van der Waals surface area contributed by atoms with Gasteiger partial charge in [-0.2, -0.15) is 0 Å². The molecule has 0 unspecified atom stereocenters. The van der Waals surface area contributed by atoms with E-state index >= 15 is 0 Å². The van der Waals surface area contributed by atoms with Crippen molar-refractivity contribution in [2.24, 2.45) is 0 Å². The third kappa shape index (κ3) is 8.85. The lowest BCUT2D eigenvalue weighted by molar-refractivity contribution is -0.147. The number of aliphatic hydroxyl groups is 1. The molecule has 0 aliphatic carbocycles. The third-order valence-corrected chi connectivity index (χ3v) is 5.55. The molecule has 26 heavy (non-hydrogen) atoms. The number of carbonyl (C=O) groups excluding carboxylic acids is 1. The Labute approximate surface area is 161 Å². The predicted molar refractivity (Wildman–Crippen MR) is 108 cm³/mol. The quantitative estimate of drug-likeness (QED) is 0.392. The Hall–Kier alpha value is -0.610. The first-order chi connectivity index (χ1) is 12.5. The van der Waals surface area contributed by atoms with Gasteiger partial charge < -0.3 is 14.7 Å². The first-order valence-electron chi connectivity index (χ1n) is 11.1. The van der Waals surface area contributed by atoms with Crippen LogP contribution in [0.1, 0.15) is 111 Å². The molecular weight excluding hydrogens is 326 g/mol. The van der Waals surface area contributed by atoms with Crippen LogP contribution < -0.4 is 0 Å². The molecule has 0 spiro atoms. The van der Waals surface area contributed by atoms with Crippen LogP contribution in [0.3, 0.4) is 0 Å². The summed E-state index contributed by atoms with van der Waals surface area (Å²) in [6.45, 7) is 6.50. The van der Waals surface area contributed by atoms with Crippen LogP contribution in [0.25, 0.3) is 0 Å². The average Bonchev–Trinajstić information content (AvgIpc) is 2.93. The largest absolute Gasteiger partial charge is 0.394 e. The van der Waals surface area contributed by atoms with Gasteiger partial charge in [0.05, 0.1) is 19.3 Å². The Morgan fingerprint density at radius 1 is 0.923 bits per heavy atom.